The van der Waals surface area contributed by atoms with Crippen LogP contribution in [0.2, 0.25) is 0 Å². The van der Waals surface area contributed by atoms with Crippen LogP contribution in [-0.2, 0) is 0 Å². The number of aliphatic hydroxyl groups excluding tert-OH is 1. The quantitative estimate of drug-likeness (QED) is 0.784. The highest BCUT2D eigenvalue weighted by Crippen LogP contribution is 2.32. The van der Waals surface area contributed by atoms with Crippen molar-refractivity contribution >= 4 is 0 Å². The Labute approximate surface area is 124 Å². The summed E-state index contributed by atoms with van der Waals surface area (Å²) in [4.78, 5) is 2.68. The molecule has 1 heterocycles. The van der Waals surface area contributed by atoms with Gasteiger partial charge >= 0.3 is 0 Å². The van der Waals surface area contributed by atoms with Gasteiger partial charge in [0.05, 0.1) is 0 Å². The maximum absolute atomic E-state index is 9.27. The Morgan fingerprint density at radius 1 is 0.900 bits per heavy atom. The maximum Gasteiger partial charge on any atom is 0.0434 e. The van der Waals surface area contributed by atoms with Gasteiger partial charge in [-0.05, 0) is 50.4 Å². The van der Waals surface area contributed by atoms with E-state index in [2.05, 4.69) is 10.2 Å². The number of piperidine rings is 1. The number of likely N-dealkylation sites (tertiary alicyclic amines) is 1. The summed E-state index contributed by atoms with van der Waals surface area (Å²) in [7, 11) is 0. The molecular weight excluding hydrogens is 248 g/mol. The third-order valence-electron chi connectivity index (χ3n) is 5.44. The van der Waals surface area contributed by atoms with E-state index in [0.29, 0.717) is 18.6 Å². The molecule has 3 nitrogen and oxygen atoms in total. The van der Waals surface area contributed by atoms with Gasteiger partial charge in [0.15, 0.2) is 0 Å². The molecule has 0 aromatic carbocycles. The number of hydrogen-bond acceptors (Lipinski definition) is 3. The number of nitrogens with zero attached hydrogens (tertiary/aromatic N) is 1. The van der Waals surface area contributed by atoms with Gasteiger partial charge in [-0.25, -0.2) is 0 Å². The van der Waals surface area contributed by atoms with Crippen LogP contribution < -0.4 is 5.32 Å². The van der Waals surface area contributed by atoms with Crippen molar-refractivity contribution in [2.45, 2.75) is 69.9 Å². The molecule has 0 bridgehead atoms. The summed E-state index contributed by atoms with van der Waals surface area (Å²) in [6, 6.07) is 1.44. The second kappa shape index (κ2) is 7.24. The van der Waals surface area contributed by atoms with Crippen LogP contribution in [-0.4, -0.2) is 48.3 Å². The molecule has 1 saturated heterocycles. The minimum Gasteiger partial charge on any atom is -0.396 e. The van der Waals surface area contributed by atoms with Gasteiger partial charge in [0, 0.05) is 38.3 Å². The third-order valence-corrected chi connectivity index (χ3v) is 5.44. The number of rotatable bonds is 6. The molecule has 3 heteroatoms. The van der Waals surface area contributed by atoms with Gasteiger partial charge < -0.3 is 15.3 Å². The number of aliphatic hydroxyl groups is 1. The van der Waals surface area contributed by atoms with E-state index < -0.39 is 0 Å². The van der Waals surface area contributed by atoms with Crippen molar-refractivity contribution in [1.82, 2.24) is 10.2 Å². The maximum atomic E-state index is 9.27. The van der Waals surface area contributed by atoms with Crippen molar-refractivity contribution in [3.05, 3.63) is 0 Å². The predicted molar refractivity (Wildman–Crippen MR) is 82.8 cm³/mol. The lowest BCUT2D eigenvalue weighted by atomic mass is 9.89. The van der Waals surface area contributed by atoms with E-state index >= 15 is 0 Å². The SMILES string of the molecule is OCCC1CC(NC2CCCCC2)CN(CC2CC2)C1. The minimum absolute atomic E-state index is 0.359. The highest BCUT2D eigenvalue weighted by atomic mass is 16.3. The summed E-state index contributed by atoms with van der Waals surface area (Å²) in [5, 5.41) is 13.2. The van der Waals surface area contributed by atoms with Crippen LogP contribution in [0.25, 0.3) is 0 Å². The molecule has 3 rings (SSSR count). The van der Waals surface area contributed by atoms with E-state index in [9.17, 15) is 5.11 Å². The van der Waals surface area contributed by atoms with E-state index in [0.717, 1.165) is 18.4 Å². The Morgan fingerprint density at radius 3 is 2.40 bits per heavy atom. The molecule has 3 fully saturated rings. The lowest BCUT2D eigenvalue weighted by Crippen LogP contribution is -2.52. The van der Waals surface area contributed by atoms with Crippen molar-refractivity contribution in [2.24, 2.45) is 11.8 Å². The molecule has 1 aliphatic heterocycles. The van der Waals surface area contributed by atoms with Gasteiger partial charge in [0.2, 0.25) is 0 Å². The molecule has 2 atom stereocenters. The first-order valence-electron chi connectivity index (χ1n) is 8.92. The van der Waals surface area contributed by atoms with E-state index in [4.69, 9.17) is 0 Å². The average molecular weight is 280 g/mol. The Morgan fingerprint density at radius 2 is 1.70 bits per heavy atom. The van der Waals surface area contributed by atoms with Gasteiger partial charge in [0.1, 0.15) is 0 Å². The van der Waals surface area contributed by atoms with E-state index in [1.54, 1.807) is 0 Å². The summed E-state index contributed by atoms with van der Waals surface area (Å²) in [6.45, 7) is 4.14. The first kappa shape index (κ1) is 14.8. The predicted octanol–water partition coefficient (Wildman–Crippen LogP) is 2.39. The molecule has 20 heavy (non-hydrogen) atoms. The van der Waals surface area contributed by atoms with Gasteiger partial charge in [-0.1, -0.05) is 19.3 Å². The molecule has 2 N–H and O–H groups in total. The summed E-state index contributed by atoms with van der Waals surface area (Å²) in [6.07, 6.45) is 12.2. The molecule has 0 radical (unpaired) electrons. The molecular formula is C17H32N2O. The third kappa shape index (κ3) is 4.44. The highest BCUT2D eigenvalue weighted by Gasteiger charge is 2.32. The van der Waals surface area contributed by atoms with Crippen molar-refractivity contribution in [3.63, 3.8) is 0 Å². The van der Waals surface area contributed by atoms with Crippen LogP contribution in [0.15, 0.2) is 0 Å². The van der Waals surface area contributed by atoms with Gasteiger partial charge in [-0.2, -0.15) is 0 Å². The molecule has 0 aromatic heterocycles. The second-order valence-corrected chi connectivity index (χ2v) is 7.47. The second-order valence-electron chi connectivity index (χ2n) is 7.47. The fourth-order valence-corrected chi connectivity index (χ4v) is 4.23. The molecule has 3 aliphatic rings. The van der Waals surface area contributed by atoms with Gasteiger partial charge in [-0.15, -0.1) is 0 Å². The van der Waals surface area contributed by atoms with Gasteiger partial charge in [0.25, 0.3) is 0 Å². The van der Waals surface area contributed by atoms with Crippen LogP contribution in [0, 0.1) is 11.8 Å². The first-order chi connectivity index (χ1) is 9.83. The zero-order valence-electron chi connectivity index (χ0n) is 12.9. The van der Waals surface area contributed by atoms with E-state index in [-0.39, 0.29) is 0 Å². The van der Waals surface area contributed by atoms with Crippen molar-refractivity contribution in [3.8, 4) is 0 Å². The van der Waals surface area contributed by atoms with Crippen molar-refractivity contribution in [2.75, 3.05) is 26.2 Å². The smallest absolute Gasteiger partial charge is 0.0434 e. The minimum atomic E-state index is 0.359. The molecule has 116 valence electrons. The first-order valence-corrected chi connectivity index (χ1v) is 8.92. The standard InChI is InChI=1S/C17H32N2O/c20-9-8-15-10-17(18-16-4-2-1-3-5-16)13-19(12-15)11-14-6-7-14/h14-18,20H,1-13H2. The van der Waals surface area contributed by atoms with Crippen LogP contribution in [0.1, 0.15) is 57.8 Å². The molecule has 0 amide bonds. The lowest BCUT2D eigenvalue weighted by Gasteiger charge is -2.40. The van der Waals surface area contributed by atoms with Crippen LogP contribution in [0.3, 0.4) is 0 Å². The normalized spacial score (nSPS) is 33.5. The van der Waals surface area contributed by atoms with E-state index in [1.807, 2.05) is 0 Å². The van der Waals surface area contributed by atoms with Gasteiger partial charge in [-0.3, -0.25) is 0 Å². The Kier molecular flexibility index (Phi) is 5.36. The molecule has 0 spiro atoms. The topological polar surface area (TPSA) is 35.5 Å². The fourth-order valence-electron chi connectivity index (χ4n) is 4.23. The Bertz CT molecular complexity index is 287. The average Bonchev–Trinajstić information content (AvgIpc) is 3.24. The van der Waals surface area contributed by atoms with Crippen molar-refractivity contribution in [1.29, 1.82) is 0 Å². The highest BCUT2D eigenvalue weighted by molar-refractivity contribution is 4.89. The fraction of sp³-hybridized carbons (Fsp3) is 1.00. The largest absolute Gasteiger partial charge is 0.396 e. The zero-order chi connectivity index (χ0) is 13.8. The molecule has 2 aliphatic carbocycles. The summed E-state index contributed by atoms with van der Waals surface area (Å²) in [5.41, 5.74) is 0. The van der Waals surface area contributed by atoms with Crippen LogP contribution in [0.4, 0.5) is 0 Å². The van der Waals surface area contributed by atoms with E-state index in [1.165, 1.54) is 71.0 Å². The monoisotopic (exact) mass is 280 g/mol. The number of nitrogens with one attached hydrogen (secondary N) is 1. The number of hydrogen-bond donors (Lipinski definition) is 2. The van der Waals surface area contributed by atoms with Crippen LogP contribution >= 0.6 is 0 Å². The summed E-state index contributed by atoms with van der Waals surface area (Å²) < 4.78 is 0. The van der Waals surface area contributed by atoms with Crippen molar-refractivity contribution < 1.29 is 5.11 Å². The van der Waals surface area contributed by atoms with Crippen LogP contribution in [0.5, 0.6) is 0 Å². The molecule has 2 saturated carbocycles. The zero-order valence-corrected chi connectivity index (χ0v) is 12.9. The lowest BCUT2D eigenvalue weighted by molar-refractivity contribution is 0.109. The summed E-state index contributed by atoms with van der Waals surface area (Å²) >= 11 is 0. The summed E-state index contributed by atoms with van der Waals surface area (Å²) in [5.74, 6) is 1.69. The molecule has 2 unspecified atom stereocenters. The Balaban J connectivity index is 1.50. The molecule has 0 aromatic rings. The Hall–Kier alpha value is -0.120.